The minimum Gasteiger partial charge on any atom is -0.381 e. The monoisotopic (exact) mass is 306 g/mol. The Hall–Kier alpha value is -1.62. The van der Waals surface area contributed by atoms with E-state index in [4.69, 9.17) is 11.6 Å². The SMILES string of the molecule is O=c1[nH]cnc2nc(Cl)cc(NC3CCCCCCC3)c12. The Bertz CT molecular complexity index is 677. The predicted octanol–water partition coefficient (Wildman–Crippen LogP) is 3.50. The van der Waals surface area contributed by atoms with Crippen molar-refractivity contribution in [2.24, 2.45) is 0 Å². The van der Waals surface area contributed by atoms with Crippen LogP contribution in [0.4, 0.5) is 5.69 Å². The van der Waals surface area contributed by atoms with Crippen molar-refractivity contribution in [3.8, 4) is 0 Å². The van der Waals surface area contributed by atoms with Crippen molar-refractivity contribution in [3.63, 3.8) is 0 Å². The van der Waals surface area contributed by atoms with Crippen LogP contribution in [0.5, 0.6) is 0 Å². The van der Waals surface area contributed by atoms with Crippen LogP contribution in [-0.2, 0) is 0 Å². The van der Waals surface area contributed by atoms with E-state index in [9.17, 15) is 4.79 Å². The van der Waals surface area contributed by atoms with Crippen LogP contribution in [0, 0.1) is 0 Å². The maximum Gasteiger partial charge on any atom is 0.262 e. The van der Waals surface area contributed by atoms with Crippen molar-refractivity contribution < 1.29 is 0 Å². The molecular formula is C15H19ClN4O. The zero-order valence-electron chi connectivity index (χ0n) is 11.9. The van der Waals surface area contributed by atoms with Gasteiger partial charge in [-0.3, -0.25) is 4.79 Å². The number of fused-ring (bicyclic) bond motifs is 1. The summed E-state index contributed by atoms with van der Waals surface area (Å²) in [6.07, 6.45) is 9.97. The van der Waals surface area contributed by atoms with Gasteiger partial charge >= 0.3 is 0 Å². The third-order valence-corrected chi connectivity index (χ3v) is 4.24. The number of halogens is 1. The maximum absolute atomic E-state index is 12.1. The van der Waals surface area contributed by atoms with Crippen molar-refractivity contribution in [2.45, 2.75) is 51.0 Å². The van der Waals surface area contributed by atoms with Gasteiger partial charge in [0.1, 0.15) is 10.5 Å². The van der Waals surface area contributed by atoms with Crippen molar-refractivity contribution >= 4 is 28.3 Å². The molecule has 0 bridgehead atoms. The van der Waals surface area contributed by atoms with Crippen LogP contribution in [0.15, 0.2) is 17.2 Å². The Balaban J connectivity index is 1.93. The Morgan fingerprint density at radius 1 is 1.19 bits per heavy atom. The summed E-state index contributed by atoms with van der Waals surface area (Å²) in [5.74, 6) is 0. The number of nitrogens with zero attached hydrogens (tertiary/aromatic N) is 2. The van der Waals surface area contributed by atoms with Crippen LogP contribution in [0.1, 0.15) is 44.9 Å². The molecule has 0 spiro atoms. The molecule has 2 N–H and O–H groups in total. The summed E-state index contributed by atoms with van der Waals surface area (Å²) in [5, 5.41) is 4.33. The second-order valence-corrected chi connectivity index (χ2v) is 6.00. The number of aromatic nitrogens is 3. The molecule has 0 amide bonds. The second-order valence-electron chi connectivity index (χ2n) is 5.61. The minimum atomic E-state index is -0.183. The lowest BCUT2D eigenvalue weighted by Crippen LogP contribution is -2.22. The van der Waals surface area contributed by atoms with Crippen molar-refractivity contribution in [1.82, 2.24) is 15.0 Å². The molecule has 21 heavy (non-hydrogen) atoms. The number of aromatic amines is 1. The number of anilines is 1. The first-order valence-corrected chi connectivity index (χ1v) is 7.92. The smallest absolute Gasteiger partial charge is 0.262 e. The fourth-order valence-electron chi connectivity index (χ4n) is 2.98. The van der Waals surface area contributed by atoms with Gasteiger partial charge in [-0.15, -0.1) is 0 Å². The van der Waals surface area contributed by atoms with Crippen LogP contribution in [0.3, 0.4) is 0 Å². The molecule has 3 rings (SSSR count). The summed E-state index contributed by atoms with van der Waals surface area (Å²) in [6.45, 7) is 0. The van der Waals surface area contributed by atoms with Gasteiger partial charge in [0.15, 0.2) is 5.65 Å². The molecular weight excluding hydrogens is 288 g/mol. The zero-order chi connectivity index (χ0) is 14.7. The molecule has 1 saturated carbocycles. The first-order chi connectivity index (χ1) is 10.2. The average Bonchev–Trinajstić information content (AvgIpc) is 2.41. The zero-order valence-corrected chi connectivity index (χ0v) is 12.6. The van der Waals surface area contributed by atoms with E-state index in [1.165, 1.54) is 38.4 Å². The third-order valence-electron chi connectivity index (χ3n) is 4.04. The van der Waals surface area contributed by atoms with Crippen molar-refractivity contribution in [3.05, 3.63) is 27.9 Å². The highest BCUT2D eigenvalue weighted by atomic mass is 35.5. The number of hydrogen-bond donors (Lipinski definition) is 2. The van der Waals surface area contributed by atoms with Gasteiger partial charge in [-0.2, -0.15) is 0 Å². The standard InChI is InChI=1S/C15H19ClN4O/c16-12-8-11(13-14(20-12)17-9-18-15(13)21)19-10-6-4-2-1-3-5-7-10/h8-10H,1-7H2,(H2,17,18,19,20,21). The second kappa shape index (κ2) is 6.43. The molecule has 6 heteroatoms. The summed E-state index contributed by atoms with van der Waals surface area (Å²) >= 11 is 6.05. The lowest BCUT2D eigenvalue weighted by atomic mass is 9.96. The molecule has 2 heterocycles. The quantitative estimate of drug-likeness (QED) is 0.833. The Morgan fingerprint density at radius 2 is 1.90 bits per heavy atom. The highest BCUT2D eigenvalue weighted by Gasteiger charge is 2.15. The Morgan fingerprint density at radius 3 is 2.67 bits per heavy atom. The van der Waals surface area contributed by atoms with Gasteiger partial charge < -0.3 is 10.3 Å². The molecule has 112 valence electrons. The number of pyridine rings is 1. The molecule has 0 unspecified atom stereocenters. The highest BCUT2D eigenvalue weighted by molar-refractivity contribution is 6.30. The summed E-state index contributed by atoms with van der Waals surface area (Å²) in [5.41, 5.74) is 0.946. The molecule has 0 aromatic carbocycles. The van der Waals surface area contributed by atoms with Gasteiger partial charge in [0.25, 0.3) is 5.56 Å². The summed E-state index contributed by atoms with van der Waals surface area (Å²) in [6, 6.07) is 2.10. The van der Waals surface area contributed by atoms with Crippen LogP contribution < -0.4 is 10.9 Å². The minimum absolute atomic E-state index is 0.183. The third kappa shape index (κ3) is 3.35. The van der Waals surface area contributed by atoms with Crippen LogP contribution in [0.2, 0.25) is 5.15 Å². The Kier molecular flexibility index (Phi) is 4.39. The van der Waals surface area contributed by atoms with Crippen molar-refractivity contribution in [1.29, 1.82) is 0 Å². The van der Waals surface area contributed by atoms with Crippen LogP contribution in [-0.4, -0.2) is 21.0 Å². The maximum atomic E-state index is 12.1. The number of rotatable bonds is 2. The highest BCUT2D eigenvalue weighted by Crippen LogP contribution is 2.25. The molecule has 1 fully saturated rings. The van der Waals surface area contributed by atoms with Gasteiger partial charge in [-0.1, -0.05) is 43.7 Å². The fraction of sp³-hybridized carbons (Fsp3) is 0.533. The van der Waals surface area contributed by atoms with E-state index >= 15 is 0 Å². The molecule has 0 radical (unpaired) electrons. The largest absolute Gasteiger partial charge is 0.381 e. The average molecular weight is 307 g/mol. The van der Waals surface area contributed by atoms with Crippen LogP contribution in [0.25, 0.3) is 11.0 Å². The molecule has 2 aromatic rings. The van der Waals surface area contributed by atoms with Gasteiger partial charge in [-0.25, -0.2) is 9.97 Å². The Labute approximate surface area is 128 Å². The molecule has 0 atom stereocenters. The molecule has 2 aromatic heterocycles. The van der Waals surface area contributed by atoms with E-state index in [0.29, 0.717) is 22.2 Å². The number of H-pyrrole nitrogens is 1. The van der Waals surface area contributed by atoms with E-state index in [2.05, 4.69) is 20.3 Å². The topological polar surface area (TPSA) is 70.7 Å². The van der Waals surface area contributed by atoms with E-state index in [1.54, 1.807) is 6.07 Å². The molecule has 0 aliphatic heterocycles. The molecule has 1 aliphatic carbocycles. The van der Waals surface area contributed by atoms with Crippen molar-refractivity contribution in [2.75, 3.05) is 5.32 Å². The summed E-state index contributed by atoms with van der Waals surface area (Å²) in [7, 11) is 0. The normalized spacial score (nSPS) is 17.4. The van der Waals surface area contributed by atoms with E-state index in [0.717, 1.165) is 18.5 Å². The van der Waals surface area contributed by atoms with E-state index in [-0.39, 0.29) is 5.56 Å². The molecule has 1 aliphatic rings. The van der Waals surface area contributed by atoms with E-state index in [1.807, 2.05) is 0 Å². The van der Waals surface area contributed by atoms with Gasteiger partial charge in [0, 0.05) is 6.04 Å². The van der Waals surface area contributed by atoms with Gasteiger partial charge in [0.05, 0.1) is 12.0 Å². The first-order valence-electron chi connectivity index (χ1n) is 7.54. The lowest BCUT2D eigenvalue weighted by Gasteiger charge is -2.22. The fourth-order valence-corrected chi connectivity index (χ4v) is 3.17. The van der Waals surface area contributed by atoms with Gasteiger partial charge in [0.2, 0.25) is 0 Å². The number of hydrogen-bond acceptors (Lipinski definition) is 4. The van der Waals surface area contributed by atoms with Crippen LogP contribution >= 0.6 is 11.6 Å². The van der Waals surface area contributed by atoms with E-state index < -0.39 is 0 Å². The number of nitrogens with one attached hydrogen (secondary N) is 2. The molecule has 0 saturated heterocycles. The first kappa shape index (κ1) is 14.3. The van der Waals surface area contributed by atoms with Gasteiger partial charge in [-0.05, 0) is 18.9 Å². The summed E-state index contributed by atoms with van der Waals surface area (Å²) < 4.78 is 0. The predicted molar refractivity (Wildman–Crippen MR) is 84.9 cm³/mol. The summed E-state index contributed by atoms with van der Waals surface area (Å²) in [4.78, 5) is 22.9. The molecule has 5 nitrogen and oxygen atoms in total. The lowest BCUT2D eigenvalue weighted by molar-refractivity contribution is 0.471.